The van der Waals surface area contributed by atoms with E-state index in [0.717, 1.165) is 40.8 Å². The van der Waals surface area contributed by atoms with E-state index >= 15 is 0 Å². The van der Waals surface area contributed by atoms with Gasteiger partial charge in [0.2, 0.25) is 0 Å². The van der Waals surface area contributed by atoms with Crippen LogP contribution < -0.4 is 11.1 Å². The van der Waals surface area contributed by atoms with Gasteiger partial charge in [-0.2, -0.15) is 6.42 Å². The van der Waals surface area contributed by atoms with Crippen molar-refractivity contribution in [2.45, 2.75) is 6.42 Å². The fraction of sp³-hybridized carbons (Fsp3) is 0.500. The van der Waals surface area contributed by atoms with Gasteiger partial charge in [-0.15, -0.1) is 6.54 Å². The van der Waals surface area contributed by atoms with Crippen LogP contribution in [0, 0.1) is 6.42 Å². The molecule has 5 nitrogen and oxygen atoms in total. The summed E-state index contributed by atoms with van der Waals surface area (Å²) < 4.78 is 0. The van der Waals surface area contributed by atoms with Crippen molar-refractivity contribution < 1.29 is 37.0 Å². The summed E-state index contributed by atoms with van der Waals surface area (Å²) in [6, 6.07) is 10.4. The van der Waals surface area contributed by atoms with Gasteiger partial charge in [0.1, 0.15) is 0 Å². The fourth-order valence-electron chi connectivity index (χ4n) is 1.16. The average molecular weight is 321 g/mol. The maximum atomic E-state index is 7.00. The van der Waals surface area contributed by atoms with Crippen LogP contribution in [0.2, 0.25) is 0 Å². The molecule has 1 aromatic carbocycles. The van der Waals surface area contributed by atoms with E-state index in [9.17, 15) is 0 Å². The van der Waals surface area contributed by atoms with Crippen molar-refractivity contribution in [2.75, 3.05) is 41.0 Å². The molecule has 0 unspecified atom stereocenters. The molecule has 0 fully saturated rings. The minimum absolute atomic E-state index is 0. The second kappa shape index (κ2) is 31.2. The summed E-state index contributed by atoms with van der Waals surface area (Å²) in [4.78, 5) is 0. The van der Waals surface area contributed by atoms with E-state index in [2.05, 4.69) is 36.0 Å². The van der Waals surface area contributed by atoms with Gasteiger partial charge >= 0.3 is 0 Å². The molecule has 0 saturated carbocycles. The van der Waals surface area contributed by atoms with Crippen LogP contribution in [0.3, 0.4) is 0 Å². The predicted octanol–water partition coefficient (Wildman–Crippen LogP) is -0.195. The minimum Gasteiger partial charge on any atom is -0.400 e. The van der Waals surface area contributed by atoms with Crippen LogP contribution in [-0.2, 0) is 28.1 Å². The van der Waals surface area contributed by atoms with Gasteiger partial charge in [-0.3, -0.25) is 0 Å². The number of rotatable bonds is 6. The number of hydrogen-bond acceptors (Lipinski definition) is 5. The van der Waals surface area contributed by atoms with Gasteiger partial charge in [-0.1, -0.05) is 35.9 Å². The number of benzene rings is 1. The molecular weight excluding hydrogens is 292 g/mol. The van der Waals surface area contributed by atoms with Crippen molar-refractivity contribution in [3.8, 4) is 0 Å². The van der Waals surface area contributed by atoms with E-state index in [0.29, 0.717) is 6.54 Å². The number of nitrogens with one attached hydrogen (secondary N) is 1. The molecule has 6 heteroatoms. The second-order valence-corrected chi connectivity index (χ2v) is 2.97. The van der Waals surface area contributed by atoms with Crippen LogP contribution >= 0.6 is 0 Å². The van der Waals surface area contributed by atoms with E-state index in [4.69, 9.17) is 21.1 Å². The molecule has 0 aliphatic rings. The van der Waals surface area contributed by atoms with Gasteiger partial charge in [0.15, 0.2) is 0 Å². The van der Waals surface area contributed by atoms with E-state index < -0.39 is 0 Å². The summed E-state index contributed by atoms with van der Waals surface area (Å²) in [6.45, 7) is 2.54. The van der Waals surface area contributed by atoms with Crippen LogP contribution in [-0.4, -0.2) is 56.3 Å². The first-order chi connectivity index (χ1) is 9.43. The first-order valence-electron chi connectivity index (χ1n) is 6.04. The third-order valence-electron chi connectivity index (χ3n) is 1.83. The van der Waals surface area contributed by atoms with Crippen molar-refractivity contribution >= 4 is 0 Å². The quantitative estimate of drug-likeness (QED) is 0.284. The van der Waals surface area contributed by atoms with Crippen LogP contribution in [0.1, 0.15) is 5.56 Å². The van der Waals surface area contributed by atoms with Crippen molar-refractivity contribution in [3.05, 3.63) is 42.3 Å². The third kappa shape index (κ3) is 22.9. The molecule has 0 radical (unpaired) electrons. The zero-order valence-electron chi connectivity index (χ0n) is 12.7. The maximum Gasteiger partial charge on any atom is 0.0319 e. The Morgan fingerprint density at radius 1 is 1.00 bits per heavy atom. The molecule has 0 atom stereocenters. The zero-order valence-corrected chi connectivity index (χ0v) is 14.3. The summed E-state index contributed by atoms with van der Waals surface area (Å²) in [5, 5.41) is 24.2. The summed E-state index contributed by atoms with van der Waals surface area (Å²) >= 11 is 0. The van der Waals surface area contributed by atoms with Crippen LogP contribution in [0.15, 0.2) is 30.3 Å². The Hall–Kier alpha value is -0.266. The van der Waals surface area contributed by atoms with E-state index in [-0.39, 0.29) is 21.7 Å². The third-order valence-corrected chi connectivity index (χ3v) is 1.83. The topological polar surface area (TPSA) is 98.7 Å². The Bertz CT molecular complexity index is 227. The first-order valence-corrected chi connectivity index (χ1v) is 6.04. The second-order valence-electron chi connectivity index (χ2n) is 2.97. The van der Waals surface area contributed by atoms with Crippen molar-refractivity contribution in [3.63, 3.8) is 0 Å². The largest absolute Gasteiger partial charge is 0.400 e. The molecule has 118 valence electrons. The SMILES string of the molecule is CO.CO.CO.NCCNC[CH-]Cc1ccccc1.[Ti]. The van der Waals surface area contributed by atoms with Gasteiger partial charge < -0.3 is 32.8 Å². The van der Waals surface area contributed by atoms with Gasteiger partial charge in [0, 0.05) is 56.1 Å². The molecular formula is C14H29N2O3Ti-. The molecule has 1 aromatic rings. The average Bonchev–Trinajstić information content (AvgIpc) is 2.54. The van der Waals surface area contributed by atoms with Crippen LogP contribution in [0.4, 0.5) is 0 Å². The molecule has 0 heterocycles. The maximum absolute atomic E-state index is 7.00. The monoisotopic (exact) mass is 321 g/mol. The molecule has 0 spiro atoms. The van der Waals surface area contributed by atoms with E-state index in [1.807, 2.05) is 6.07 Å². The summed E-state index contributed by atoms with van der Waals surface area (Å²) in [6.07, 6.45) is 3.25. The minimum atomic E-state index is 0. The van der Waals surface area contributed by atoms with E-state index in [1.165, 1.54) is 5.56 Å². The first kappa shape index (κ1) is 28.0. The van der Waals surface area contributed by atoms with Gasteiger partial charge in [0.05, 0.1) is 0 Å². The fourth-order valence-corrected chi connectivity index (χ4v) is 1.16. The van der Waals surface area contributed by atoms with Crippen molar-refractivity contribution in [2.24, 2.45) is 5.73 Å². The Morgan fingerprint density at radius 3 is 1.95 bits per heavy atom. The number of nitrogens with two attached hydrogens (primary N) is 1. The van der Waals surface area contributed by atoms with Gasteiger partial charge in [-0.05, 0) is 0 Å². The smallest absolute Gasteiger partial charge is 0.0319 e. The molecule has 0 amide bonds. The number of aliphatic hydroxyl groups is 3. The molecule has 0 aliphatic heterocycles. The Labute approximate surface area is 138 Å². The Kier molecular flexibility index (Phi) is 43.7. The van der Waals surface area contributed by atoms with Gasteiger partial charge in [-0.25, -0.2) is 0 Å². The molecule has 20 heavy (non-hydrogen) atoms. The molecule has 1 rings (SSSR count). The predicted molar refractivity (Wildman–Crippen MR) is 80.8 cm³/mol. The van der Waals surface area contributed by atoms with Crippen molar-refractivity contribution in [1.29, 1.82) is 0 Å². The van der Waals surface area contributed by atoms with Crippen molar-refractivity contribution in [1.82, 2.24) is 5.32 Å². The molecule has 6 N–H and O–H groups in total. The van der Waals surface area contributed by atoms with E-state index in [1.54, 1.807) is 0 Å². The Morgan fingerprint density at radius 2 is 1.50 bits per heavy atom. The van der Waals surface area contributed by atoms with Gasteiger partial charge in [0.25, 0.3) is 0 Å². The normalized spacial score (nSPS) is 7.55. The number of aliphatic hydroxyl groups excluding tert-OH is 3. The summed E-state index contributed by atoms with van der Waals surface area (Å²) in [5.74, 6) is 0. The molecule has 0 bridgehead atoms. The molecule has 0 aromatic heterocycles. The Balaban J connectivity index is -0.000000162. The zero-order chi connectivity index (χ0) is 15.4. The van der Waals surface area contributed by atoms with Crippen LogP contribution in [0.5, 0.6) is 0 Å². The summed E-state index contributed by atoms with van der Waals surface area (Å²) in [7, 11) is 3.00. The standard InChI is InChI=1S/C11H17N2.3CH4O.Ti/c12-8-10-13-9-4-7-11-5-2-1-3-6-11;3*1-2;/h1-6,13H,7-10,12H2;3*2H,1H3;/q-1;;;;. The number of hydrogen-bond donors (Lipinski definition) is 5. The molecule has 0 saturated heterocycles. The molecule has 0 aliphatic carbocycles. The summed E-state index contributed by atoms with van der Waals surface area (Å²) in [5.41, 5.74) is 6.70. The van der Waals surface area contributed by atoms with Crippen LogP contribution in [0.25, 0.3) is 0 Å².